The van der Waals surface area contributed by atoms with Gasteiger partial charge in [-0.15, -0.1) is 0 Å². The fraction of sp³-hybridized carbons (Fsp3) is 0.923. The summed E-state index contributed by atoms with van der Waals surface area (Å²) in [7, 11) is 0. The Labute approximate surface area is 99.6 Å². The van der Waals surface area contributed by atoms with Gasteiger partial charge in [-0.3, -0.25) is 4.79 Å². The zero-order valence-electron chi connectivity index (χ0n) is 11.1. The van der Waals surface area contributed by atoms with Crippen LogP contribution in [0, 0.1) is 17.8 Å². The number of likely N-dealkylation sites (tertiary alicyclic amines) is 1. The molecule has 0 aromatic heterocycles. The molecule has 1 rings (SSSR count). The van der Waals surface area contributed by atoms with Gasteiger partial charge in [0.1, 0.15) is 0 Å². The van der Waals surface area contributed by atoms with Crippen molar-refractivity contribution in [2.75, 3.05) is 26.2 Å². The van der Waals surface area contributed by atoms with E-state index in [2.05, 4.69) is 31.0 Å². The molecule has 1 amide bonds. The summed E-state index contributed by atoms with van der Waals surface area (Å²) >= 11 is 0. The van der Waals surface area contributed by atoms with Gasteiger partial charge < -0.3 is 10.2 Å². The molecule has 0 saturated carbocycles. The number of rotatable bonds is 4. The van der Waals surface area contributed by atoms with E-state index in [9.17, 15) is 4.79 Å². The van der Waals surface area contributed by atoms with Crippen LogP contribution in [0.3, 0.4) is 0 Å². The van der Waals surface area contributed by atoms with Gasteiger partial charge in [0.25, 0.3) is 0 Å². The molecule has 1 aliphatic rings. The lowest BCUT2D eigenvalue weighted by Crippen LogP contribution is -2.46. The van der Waals surface area contributed by atoms with Crippen LogP contribution in [0.5, 0.6) is 0 Å². The second-order valence-electron chi connectivity index (χ2n) is 5.40. The molecule has 0 bridgehead atoms. The van der Waals surface area contributed by atoms with E-state index in [-0.39, 0.29) is 5.92 Å². The van der Waals surface area contributed by atoms with Crippen LogP contribution in [0.4, 0.5) is 0 Å². The van der Waals surface area contributed by atoms with E-state index in [1.165, 1.54) is 6.42 Å². The number of amides is 1. The lowest BCUT2D eigenvalue weighted by molar-refractivity contribution is -0.137. The van der Waals surface area contributed by atoms with Crippen molar-refractivity contribution in [3.05, 3.63) is 0 Å². The van der Waals surface area contributed by atoms with E-state index < -0.39 is 0 Å². The van der Waals surface area contributed by atoms with Crippen LogP contribution in [0.2, 0.25) is 0 Å². The highest BCUT2D eigenvalue weighted by Gasteiger charge is 2.27. The van der Waals surface area contributed by atoms with E-state index in [4.69, 9.17) is 0 Å². The second-order valence-corrected chi connectivity index (χ2v) is 5.40. The minimum Gasteiger partial charge on any atom is -0.342 e. The molecule has 1 saturated heterocycles. The monoisotopic (exact) mass is 226 g/mol. The van der Waals surface area contributed by atoms with Gasteiger partial charge in [-0.25, -0.2) is 0 Å². The van der Waals surface area contributed by atoms with Crippen molar-refractivity contribution in [3.8, 4) is 0 Å². The Kier molecular flexibility index (Phi) is 5.26. The normalized spacial score (nSPS) is 27.9. The minimum absolute atomic E-state index is 0.109. The van der Waals surface area contributed by atoms with Crippen LogP contribution in [-0.4, -0.2) is 37.0 Å². The fourth-order valence-electron chi connectivity index (χ4n) is 2.60. The van der Waals surface area contributed by atoms with Crippen molar-refractivity contribution in [2.24, 2.45) is 17.8 Å². The summed E-state index contributed by atoms with van der Waals surface area (Å²) in [4.78, 5) is 14.2. The summed E-state index contributed by atoms with van der Waals surface area (Å²) in [6.45, 7) is 12.2. The lowest BCUT2D eigenvalue weighted by atomic mass is 9.91. The topological polar surface area (TPSA) is 32.3 Å². The highest BCUT2D eigenvalue weighted by atomic mass is 16.2. The third kappa shape index (κ3) is 3.78. The Morgan fingerprint density at radius 2 is 1.94 bits per heavy atom. The second kappa shape index (κ2) is 6.24. The first-order valence-corrected chi connectivity index (χ1v) is 6.54. The van der Waals surface area contributed by atoms with Crippen molar-refractivity contribution in [3.63, 3.8) is 0 Å². The van der Waals surface area contributed by atoms with Crippen molar-refractivity contribution in [2.45, 2.75) is 34.1 Å². The fourth-order valence-corrected chi connectivity index (χ4v) is 2.60. The molecule has 1 N–H and O–H groups in total. The molecule has 3 atom stereocenters. The molecule has 0 aromatic rings. The molecule has 3 unspecified atom stereocenters. The van der Waals surface area contributed by atoms with E-state index in [0.29, 0.717) is 17.7 Å². The maximum Gasteiger partial charge on any atom is 0.226 e. The van der Waals surface area contributed by atoms with E-state index in [1.54, 1.807) is 0 Å². The maximum atomic E-state index is 12.2. The van der Waals surface area contributed by atoms with Gasteiger partial charge >= 0.3 is 0 Å². The zero-order valence-corrected chi connectivity index (χ0v) is 11.1. The summed E-state index contributed by atoms with van der Waals surface area (Å²) in [5.41, 5.74) is 0. The predicted molar refractivity (Wildman–Crippen MR) is 67.2 cm³/mol. The number of carbonyl (C=O) groups excluding carboxylic acids is 1. The van der Waals surface area contributed by atoms with E-state index in [0.717, 1.165) is 26.2 Å². The quantitative estimate of drug-likeness (QED) is 0.792. The molecule has 1 fully saturated rings. The lowest BCUT2D eigenvalue weighted by Gasteiger charge is -2.36. The van der Waals surface area contributed by atoms with Gasteiger partial charge in [0.15, 0.2) is 0 Å². The Balaban J connectivity index is 2.45. The molecule has 3 nitrogen and oxygen atoms in total. The average molecular weight is 226 g/mol. The Morgan fingerprint density at radius 1 is 1.38 bits per heavy atom. The van der Waals surface area contributed by atoms with Crippen LogP contribution in [-0.2, 0) is 4.79 Å². The number of hydrogen-bond acceptors (Lipinski definition) is 2. The molecule has 0 radical (unpaired) electrons. The minimum atomic E-state index is 0.109. The molecule has 1 heterocycles. The maximum absolute atomic E-state index is 12.2. The first kappa shape index (κ1) is 13.5. The van der Waals surface area contributed by atoms with Crippen molar-refractivity contribution < 1.29 is 4.79 Å². The summed E-state index contributed by atoms with van der Waals surface area (Å²) < 4.78 is 0. The smallest absolute Gasteiger partial charge is 0.226 e. The predicted octanol–water partition coefficient (Wildman–Crippen LogP) is 1.74. The van der Waals surface area contributed by atoms with Crippen LogP contribution in [0.25, 0.3) is 0 Å². The molecular formula is C13H26N2O. The van der Waals surface area contributed by atoms with Crippen LogP contribution >= 0.6 is 0 Å². The molecule has 1 aliphatic heterocycles. The average Bonchev–Trinajstić information content (AvgIpc) is 2.23. The zero-order chi connectivity index (χ0) is 12.1. The van der Waals surface area contributed by atoms with E-state index in [1.807, 2.05) is 6.92 Å². The van der Waals surface area contributed by atoms with Gasteiger partial charge in [-0.05, 0) is 24.8 Å². The van der Waals surface area contributed by atoms with Crippen LogP contribution in [0.15, 0.2) is 0 Å². The molecule has 3 heteroatoms. The standard InChI is InChI=1S/C13H26N2O/c1-5-14-7-12(4)13(16)15-8-10(2)6-11(3)9-15/h10-12,14H,5-9H2,1-4H3. The highest BCUT2D eigenvalue weighted by molar-refractivity contribution is 5.78. The third-order valence-corrected chi connectivity index (χ3v) is 3.30. The van der Waals surface area contributed by atoms with E-state index >= 15 is 0 Å². The van der Waals surface area contributed by atoms with Crippen LogP contribution in [0.1, 0.15) is 34.1 Å². The SMILES string of the molecule is CCNCC(C)C(=O)N1CC(C)CC(C)C1. The number of hydrogen-bond donors (Lipinski definition) is 1. The first-order valence-electron chi connectivity index (χ1n) is 6.54. The molecule has 0 aromatic carbocycles. The summed E-state index contributed by atoms with van der Waals surface area (Å²) in [5.74, 6) is 1.73. The molecule has 16 heavy (non-hydrogen) atoms. The largest absolute Gasteiger partial charge is 0.342 e. The van der Waals surface area contributed by atoms with Crippen molar-refractivity contribution in [1.82, 2.24) is 10.2 Å². The van der Waals surface area contributed by atoms with Crippen molar-refractivity contribution >= 4 is 5.91 Å². The molecule has 0 aliphatic carbocycles. The summed E-state index contributed by atoms with van der Waals surface area (Å²) in [5, 5.41) is 3.24. The number of nitrogens with one attached hydrogen (secondary N) is 1. The number of piperidine rings is 1. The summed E-state index contributed by atoms with van der Waals surface area (Å²) in [6.07, 6.45) is 1.26. The van der Waals surface area contributed by atoms with Gasteiger partial charge in [0, 0.05) is 25.6 Å². The summed E-state index contributed by atoms with van der Waals surface area (Å²) in [6, 6.07) is 0. The number of nitrogens with zero attached hydrogens (tertiary/aromatic N) is 1. The van der Waals surface area contributed by atoms with Gasteiger partial charge in [0.05, 0.1) is 0 Å². The van der Waals surface area contributed by atoms with Gasteiger partial charge in [0.2, 0.25) is 5.91 Å². The van der Waals surface area contributed by atoms with Crippen LogP contribution < -0.4 is 5.32 Å². The highest BCUT2D eigenvalue weighted by Crippen LogP contribution is 2.22. The molecule has 0 spiro atoms. The van der Waals surface area contributed by atoms with Crippen molar-refractivity contribution in [1.29, 1.82) is 0 Å². The molecular weight excluding hydrogens is 200 g/mol. The third-order valence-electron chi connectivity index (χ3n) is 3.30. The Hall–Kier alpha value is -0.570. The van der Waals surface area contributed by atoms with Gasteiger partial charge in [-0.2, -0.15) is 0 Å². The Morgan fingerprint density at radius 3 is 2.44 bits per heavy atom. The first-order chi connectivity index (χ1) is 7.54. The molecule has 94 valence electrons. The number of carbonyl (C=O) groups is 1. The Bertz CT molecular complexity index is 220. The van der Waals surface area contributed by atoms with Gasteiger partial charge in [-0.1, -0.05) is 27.7 Å².